The summed E-state index contributed by atoms with van der Waals surface area (Å²) in [5, 5.41) is 22.2. The molecule has 0 amide bonds. The van der Waals surface area contributed by atoms with E-state index in [4.69, 9.17) is 0 Å². The maximum absolute atomic E-state index is 11.4. The second kappa shape index (κ2) is 9.08. The van der Waals surface area contributed by atoms with Crippen molar-refractivity contribution in [3.8, 4) is 0 Å². The van der Waals surface area contributed by atoms with Gasteiger partial charge in [0.05, 0.1) is 0 Å². The smallest absolute Gasteiger partial charge is 0.321 e. The van der Waals surface area contributed by atoms with Crippen LogP contribution in [-0.4, -0.2) is 28.5 Å². The lowest BCUT2D eigenvalue weighted by molar-refractivity contribution is -0.140. The molecule has 4 heteroatoms. The zero-order chi connectivity index (χ0) is 16.5. The van der Waals surface area contributed by atoms with E-state index >= 15 is 0 Å². The van der Waals surface area contributed by atoms with Gasteiger partial charge >= 0.3 is 5.97 Å². The van der Waals surface area contributed by atoms with E-state index in [9.17, 15) is 15.0 Å². The molecule has 0 fully saturated rings. The Morgan fingerprint density at radius 1 is 0.957 bits per heavy atom. The number of aryl methyl sites for hydroxylation is 1. The third kappa shape index (κ3) is 6.22. The molecule has 0 radical (unpaired) electrons. The monoisotopic (exact) mass is 313 g/mol. The van der Waals surface area contributed by atoms with E-state index in [-0.39, 0.29) is 0 Å². The number of hydrogen-bond acceptors (Lipinski definition) is 3. The number of carboxylic acid groups (broad SMARTS) is 1. The third-order valence-corrected chi connectivity index (χ3v) is 3.76. The summed E-state index contributed by atoms with van der Waals surface area (Å²) in [6.45, 7) is 0. The minimum absolute atomic E-state index is 0.353. The number of aliphatic hydroxyl groups excluding tert-OH is 1. The van der Waals surface area contributed by atoms with E-state index < -0.39 is 18.2 Å². The van der Waals surface area contributed by atoms with Crippen LogP contribution in [0.5, 0.6) is 0 Å². The number of carboxylic acids is 1. The molecule has 122 valence electrons. The minimum Gasteiger partial charge on any atom is -0.480 e. The van der Waals surface area contributed by atoms with Gasteiger partial charge in [-0.3, -0.25) is 10.1 Å². The highest BCUT2D eigenvalue weighted by molar-refractivity contribution is 5.73. The van der Waals surface area contributed by atoms with Crippen LogP contribution in [0.3, 0.4) is 0 Å². The molecule has 0 saturated heterocycles. The first-order valence-electron chi connectivity index (χ1n) is 7.90. The second-order valence-electron chi connectivity index (χ2n) is 5.64. The Kier molecular flexibility index (Phi) is 6.78. The van der Waals surface area contributed by atoms with Gasteiger partial charge in [0, 0.05) is 0 Å². The average molecular weight is 313 g/mol. The van der Waals surface area contributed by atoms with Crippen LogP contribution >= 0.6 is 0 Å². The number of aliphatic carboxylic acids is 1. The van der Waals surface area contributed by atoms with Gasteiger partial charge in [0.15, 0.2) is 0 Å². The number of carbonyl (C=O) groups is 1. The Hall–Kier alpha value is -2.17. The van der Waals surface area contributed by atoms with E-state index in [2.05, 4.69) is 17.4 Å². The van der Waals surface area contributed by atoms with Gasteiger partial charge in [0.2, 0.25) is 0 Å². The van der Waals surface area contributed by atoms with Crippen molar-refractivity contribution in [3.63, 3.8) is 0 Å². The number of benzene rings is 2. The Balaban J connectivity index is 1.79. The first kappa shape index (κ1) is 17.2. The van der Waals surface area contributed by atoms with Gasteiger partial charge in [0.25, 0.3) is 0 Å². The molecular formula is C19H23NO3. The van der Waals surface area contributed by atoms with Gasteiger partial charge in [-0.05, 0) is 36.8 Å². The maximum atomic E-state index is 11.4. The molecule has 0 bridgehead atoms. The van der Waals surface area contributed by atoms with E-state index in [1.54, 1.807) is 0 Å². The zero-order valence-electron chi connectivity index (χ0n) is 13.1. The fraction of sp³-hybridized carbons (Fsp3) is 0.316. The van der Waals surface area contributed by atoms with Crippen molar-refractivity contribution in [2.45, 2.75) is 38.0 Å². The van der Waals surface area contributed by atoms with Crippen molar-refractivity contribution in [1.82, 2.24) is 5.32 Å². The summed E-state index contributed by atoms with van der Waals surface area (Å²) in [7, 11) is 0. The van der Waals surface area contributed by atoms with Crippen LogP contribution < -0.4 is 5.32 Å². The Labute approximate surface area is 136 Å². The predicted octanol–water partition coefficient (Wildman–Crippen LogP) is 2.61. The molecule has 2 aromatic rings. The molecule has 0 saturated carbocycles. The van der Waals surface area contributed by atoms with Crippen molar-refractivity contribution in [2.24, 2.45) is 0 Å². The normalized spacial score (nSPS) is 13.4. The van der Waals surface area contributed by atoms with Gasteiger partial charge < -0.3 is 10.2 Å². The summed E-state index contributed by atoms with van der Waals surface area (Å²) < 4.78 is 0. The lowest BCUT2D eigenvalue weighted by Crippen LogP contribution is -2.44. The molecule has 3 N–H and O–H groups in total. The number of hydrogen-bond donors (Lipinski definition) is 3. The summed E-state index contributed by atoms with van der Waals surface area (Å²) >= 11 is 0. The summed E-state index contributed by atoms with van der Waals surface area (Å²) in [6.07, 6.45) is 1.73. The number of nitrogens with one attached hydrogen (secondary N) is 1. The summed E-state index contributed by atoms with van der Waals surface area (Å²) in [5.74, 6) is -0.948. The van der Waals surface area contributed by atoms with Gasteiger partial charge in [0.1, 0.15) is 12.3 Å². The molecule has 0 heterocycles. The molecule has 4 nitrogen and oxygen atoms in total. The molecule has 0 spiro atoms. The lowest BCUT2D eigenvalue weighted by atomic mass is 10.0. The van der Waals surface area contributed by atoms with Crippen molar-refractivity contribution in [3.05, 3.63) is 71.8 Å². The molecule has 23 heavy (non-hydrogen) atoms. The fourth-order valence-electron chi connectivity index (χ4n) is 2.53. The summed E-state index contributed by atoms with van der Waals surface area (Å²) in [5.41, 5.74) is 2.16. The van der Waals surface area contributed by atoms with E-state index in [1.807, 2.05) is 48.5 Å². The molecule has 2 rings (SSSR count). The SMILES string of the molecule is O=C(O)[C@H](Cc1ccccc1)NC(O)CCCc1ccccc1. The van der Waals surface area contributed by atoms with Crippen LogP contribution in [0, 0.1) is 0 Å². The van der Waals surface area contributed by atoms with Gasteiger partial charge in [-0.15, -0.1) is 0 Å². The van der Waals surface area contributed by atoms with E-state index in [1.165, 1.54) is 5.56 Å². The Morgan fingerprint density at radius 2 is 1.52 bits per heavy atom. The highest BCUT2D eigenvalue weighted by Gasteiger charge is 2.20. The molecule has 0 aliphatic rings. The predicted molar refractivity (Wildman–Crippen MR) is 90.1 cm³/mol. The molecule has 2 atom stereocenters. The Morgan fingerprint density at radius 3 is 2.09 bits per heavy atom. The Bertz CT molecular complexity index is 586. The third-order valence-electron chi connectivity index (χ3n) is 3.76. The summed E-state index contributed by atoms with van der Waals surface area (Å²) in [6, 6.07) is 18.7. The van der Waals surface area contributed by atoms with E-state index in [0.29, 0.717) is 12.8 Å². The molecule has 2 aromatic carbocycles. The molecule has 0 aliphatic carbocycles. The molecule has 0 aliphatic heterocycles. The first-order valence-corrected chi connectivity index (χ1v) is 7.90. The highest BCUT2D eigenvalue weighted by atomic mass is 16.4. The summed E-state index contributed by atoms with van der Waals surface area (Å²) in [4.78, 5) is 11.4. The van der Waals surface area contributed by atoms with Crippen molar-refractivity contribution >= 4 is 5.97 Å². The van der Waals surface area contributed by atoms with Crippen LogP contribution in [0.2, 0.25) is 0 Å². The molecular weight excluding hydrogens is 290 g/mol. The molecule has 1 unspecified atom stereocenters. The van der Waals surface area contributed by atoms with Crippen LogP contribution in [0.15, 0.2) is 60.7 Å². The number of rotatable bonds is 9. The van der Waals surface area contributed by atoms with Gasteiger partial charge in [-0.2, -0.15) is 0 Å². The minimum atomic E-state index is -0.948. The van der Waals surface area contributed by atoms with Crippen LogP contribution in [0.25, 0.3) is 0 Å². The van der Waals surface area contributed by atoms with Crippen molar-refractivity contribution in [2.75, 3.05) is 0 Å². The fourth-order valence-corrected chi connectivity index (χ4v) is 2.53. The maximum Gasteiger partial charge on any atom is 0.321 e. The lowest BCUT2D eigenvalue weighted by Gasteiger charge is -2.19. The topological polar surface area (TPSA) is 69.6 Å². The second-order valence-corrected chi connectivity index (χ2v) is 5.64. The highest BCUT2D eigenvalue weighted by Crippen LogP contribution is 2.08. The standard InChI is InChI=1S/C19H23NO3/c21-18(13-7-12-15-8-3-1-4-9-15)20-17(19(22)23)14-16-10-5-2-6-11-16/h1-6,8-11,17-18,20-21H,7,12-14H2,(H,22,23)/t17-,18?/m0/s1. The first-order chi connectivity index (χ1) is 11.1. The van der Waals surface area contributed by atoms with Crippen molar-refractivity contribution in [1.29, 1.82) is 0 Å². The van der Waals surface area contributed by atoms with Crippen LogP contribution in [0.4, 0.5) is 0 Å². The van der Waals surface area contributed by atoms with E-state index in [0.717, 1.165) is 18.4 Å². The van der Waals surface area contributed by atoms with Crippen molar-refractivity contribution < 1.29 is 15.0 Å². The molecule has 0 aromatic heterocycles. The largest absolute Gasteiger partial charge is 0.480 e. The van der Waals surface area contributed by atoms with Gasteiger partial charge in [-0.25, -0.2) is 0 Å². The van der Waals surface area contributed by atoms with Gasteiger partial charge in [-0.1, -0.05) is 60.7 Å². The quantitative estimate of drug-likeness (QED) is 0.622. The zero-order valence-corrected chi connectivity index (χ0v) is 13.1. The van der Waals surface area contributed by atoms with Crippen LogP contribution in [0.1, 0.15) is 24.0 Å². The average Bonchev–Trinajstić information content (AvgIpc) is 2.56. The number of aliphatic hydroxyl groups is 1. The van der Waals surface area contributed by atoms with Crippen LogP contribution in [-0.2, 0) is 17.6 Å².